The highest BCUT2D eigenvalue weighted by Gasteiger charge is 2.13. The van der Waals surface area contributed by atoms with Gasteiger partial charge in [0.15, 0.2) is 5.13 Å². The zero-order chi connectivity index (χ0) is 21.9. The second-order valence-electron chi connectivity index (χ2n) is 7.85. The summed E-state index contributed by atoms with van der Waals surface area (Å²) in [7, 11) is 0. The van der Waals surface area contributed by atoms with E-state index in [1.807, 2.05) is 47.4 Å². The van der Waals surface area contributed by atoms with Gasteiger partial charge in [-0.25, -0.2) is 4.98 Å². The molecule has 0 unspecified atom stereocenters. The first-order chi connectivity index (χ1) is 15.7. The summed E-state index contributed by atoms with van der Waals surface area (Å²) in [5.41, 5.74) is 6.09. The number of hydrogen-bond donors (Lipinski definition) is 1. The van der Waals surface area contributed by atoms with Crippen LogP contribution < -0.4 is 10.1 Å². The second-order valence-corrected chi connectivity index (χ2v) is 8.71. The number of aromatic nitrogens is 3. The minimum absolute atomic E-state index is 0.186. The molecular weight excluding hydrogens is 420 g/mol. The number of ether oxygens (including phenoxy) is 1. The van der Waals surface area contributed by atoms with E-state index < -0.39 is 0 Å². The number of rotatable bonds is 7. The number of nitrogens with one attached hydrogen (secondary N) is 1. The van der Waals surface area contributed by atoms with Gasteiger partial charge < -0.3 is 4.74 Å². The Kier molecular flexibility index (Phi) is 5.73. The van der Waals surface area contributed by atoms with Crippen LogP contribution in [0, 0.1) is 0 Å². The van der Waals surface area contributed by atoms with Crippen LogP contribution in [-0.2, 0) is 26.0 Å². The first-order valence-electron chi connectivity index (χ1n) is 10.8. The molecular formula is C25H24N4O2S. The Labute approximate surface area is 190 Å². The number of hydrogen-bond acceptors (Lipinski definition) is 5. The Hall–Kier alpha value is -3.45. The fourth-order valence-corrected chi connectivity index (χ4v) is 4.62. The highest BCUT2D eigenvalue weighted by molar-refractivity contribution is 7.14. The fraction of sp³-hybridized carbons (Fsp3) is 0.240. The van der Waals surface area contributed by atoms with E-state index >= 15 is 0 Å². The molecule has 1 aliphatic rings. The van der Waals surface area contributed by atoms with Crippen LogP contribution >= 0.6 is 11.3 Å². The first kappa shape index (κ1) is 20.5. The SMILES string of the molecule is CCn1cc(-c2csc(NC(=O)c3cccc(COc4ccc5c(c4)CCC5)c3)n2)cn1. The molecule has 0 fully saturated rings. The zero-order valence-electron chi connectivity index (χ0n) is 17.9. The van der Waals surface area contributed by atoms with E-state index in [0.29, 0.717) is 17.3 Å². The minimum Gasteiger partial charge on any atom is -0.489 e. The molecule has 1 amide bonds. The molecule has 2 aromatic heterocycles. The average molecular weight is 445 g/mol. The number of nitrogens with zero attached hydrogens (tertiary/aromatic N) is 3. The number of benzene rings is 2. The van der Waals surface area contributed by atoms with Crippen LogP contribution in [0.1, 0.15) is 40.4 Å². The Morgan fingerprint density at radius 3 is 2.97 bits per heavy atom. The van der Waals surface area contributed by atoms with Crippen molar-refractivity contribution in [2.24, 2.45) is 0 Å². The number of amides is 1. The van der Waals surface area contributed by atoms with E-state index in [0.717, 1.165) is 42.0 Å². The van der Waals surface area contributed by atoms with Crippen LogP contribution in [0.2, 0.25) is 0 Å². The molecule has 0 saturated carbocycles. The van der Waals surface area contributed by atoms with Crippen molar-refractivity contribution in [2.45, 2.75) is 39.3 Å². The summed E-state index contributed by atoms with van der Waals surface area (Å²) in [6.07, 6.45) is 7.25. The Bertz CT molecular complexity index is 1260. The first-order valence-corrected chi connectivity index (χ1v) is 11.7. The van der Waals surface area contributed by atoms with E-state index in [4.69, 9.17) is 4.74 Å². The average Bonchev–Trinajstić information content (AvgIpc) is 3.57. The number of carbonyl (C=O) groups is 1. The topological polar surface area (TPSA) is 69.0 Å². The Morgan fingerprint density at radius 1 is 1.19 bits per heavy atom. The van der Waals surface area contributed by atoms with Gasteiger partial charge in [-0.15, -0.1) is 11.3 Å². The number of aryl methyl sites for hydroxylation is 3. The maximum Gasteiger partial charge on any atom is 0.257 e. The maximum absolute atomic E-state index is 12.8. The van der Waals surface area contributed by atoms with Crippen molar-refractivity contribution in [2.75, 3.05) is 5.32 Å². The molecule has 2 heterocycles. The van der Waals surface area contributed by atoms with Gasteiger partial charge in [0.25, 0.3) is 5.91 Å². The summed E-state index contributed by atoms with van der Waals surface area (Å²) in [5.74, 6) is 0.691. The van der Waals surface area contributed by atoms with Gasteiger partial charge in [-0.2, -0.15) is 5.10 Å². The monoisotopic (exact) mass is 444 g/mol. The highest BCUT2D eigenvalue weighted by atomic mass is 32.1. The van der Waals surface area contributed by atoms with Crippen molar-refractivity contribution >= 4 is 22.4 Å². The molecule has 2 aromatic carbocycles. The lowest BCUT2D eigenvalue weighted by molar-refractivity contribution is 0.102. The number of fused-ring (bicyclic) bond motifs is 1. The summed E-state index contributed by atoms with van der Waals surface area (Å²) in [4.78, 5) is 17.3. The minimum atomic E-state index is -0.186. The van der Waals surface area contributed by atoms with Gasteiger partial charge in [0.1, 0.15) is 12.4 Å². The molecule has 0 bridgehead atoms. The molecule has 162 valence electrons. The zero-order valence-corrected chi connectivity index (χ0v) is 18.7. The molecule has 4 aromatic rings. The van der Waals surface area contributed by atoms with Gasteiger partial charge in [-0.05, 0) is 67.1 Å². The molecule has 0 aliphatic heterocycles. The van der Waals surface area contributed by atoms with Gasteiger partial charge in [0.05, 0.1) is 11.9 Å². The molecule has 0 saturated heterocycles. The molecule has 7 heteroatoms. The fourth-order valence-electron chi connectivity index (χ4n) is 3.91. The Balaban J connectivity index is 1.22. The third kappa shape index (κ3) is 4.43. The number of carbonyl (C=O) groups excluding carboxylic acids is 1. The van der Waals surface area contributed by atoms with E-state index in [1.54, 1.807) is 12.3 Å². The van der Waals surface area contributed by atoms with Crippen molar-refractivity contribution in [3.8, 4) is 17.0 Å². The van der Waals surface area contributed by atoms with Gasteiger partial charge in [0.2, 0.25) is 0 Å². The van der Waals surface area contributed by atoms with Gasteiger partial charge in [-0.1, -0.05) is 18.2 Å². The molecule has 0 spiro atoms. The smallest absolute Gasteiger partial charge is 0.257 e. The summed E-state index contributed by atoms with van der Waals surface area (Å²) in [5, 5.41) is 9.66. The van der Waals surface area contributed by atoms with E-state index in [2.05, 4.69) is 27.5 Å². The number of anilines is 1. The predicted molar refractivity (Wildman–Crippen MR) is 126 cm³/mol. The van der Waals surface area contributed by atoms with Gasteiger partial charge in [0, 0.05) is 29.2 Å². The number of thiazole rings is 1. The normalized spacial score (nSPS) is 12.5. The lowest BCUT2D eigenvalue weighted by Crippen LogP contribution is -2.12. The molecule has 5 rings (SSSR count). The van der Waals surface area contributed by atoms with Crippen molar-refractivity contribution in [3.05, 3.63) is 82.5 Å². The largest absolute Gasteiger partial charge is 0.489 e. The van der Waals surface area contributed by atoms with Crippen molar-refractivity contribution < 1.29 is 9.53 Å². The molecule has 1 aliphatic carbocycles. The summed E-state index contributed by atoms with van der Waals surface area (Å²) >= 11 is 1.40. The molecule has 32 heavy (non-hydrogen) atoms. The van der Waals surface area contributed by atoms with Crippen LogP contribution in [0.3, 0.4) is 0 Å². The Morgan fingerprint density at radius 2 is 2.09 bits per heavy atom. The highest BCUT2D eigenvalue weighted by Crippen LogP contribution is 2.27. The van der Waals surface area contributed by atoms with Crippen LogP contribution in [0.25, 0.3) is 11.3 Å². The maximum atomic E-state index is 12.8. The van der Waals surface area contributed by atoms with Crippen molar-refractivity contribution in [3.63, 3.8) is 0 Å². The van der Waals surface area contributed by atoms with Gasteiger partial charge in [-0.3, -0.25) is 14.8 Å². The quantitative estimate of drug-likeness (QED) is 0.417. The van der Waals surface area contributed by atoms with E-state index in [9.17, 15) is 4.79 Å². The molecule has 6 nitrogen and oxygen atoms in total. The van der Waals surface area contributed by atoms with Crippen LogP contribution in [0.5, 0.6) is 5.75 Å². The summed E-state index contributed by atoms with van der Waals surface area (Å²) in [6.45, 7) is 3.26. The predicted octanol–water partition coefficient (Wildman–Crippen LogP) is 5.35. The standard InChI is InChI=1S/C25H24N4O2S/c1-2-29-14-21(13-26-29)23-16-32-25(27-23)28-24(30)20-8-3-5-17(11-20)15-31-22-10-9-18-6-4-7-19(18)12-22/h3,5,8-14,16H,2,4,6-7,15H2,1H3,(H,27,28,30). The van der Waals surface area contributed by atoms with Gasteiger partial charge >= 0.3 is 0 Å². The van der Waals surface area contributed by atoms with Crippen LogP contribution in [0.15, 0.2) is 60.2 Å². The second kappa shape index (κ2) is 8.96. The summed E-state index contributed by atoms with van der Waals surface area (Å²) < 4.78 is 7.83. The van der Waals surface area contributed by atoms with Crippen molar-refractivity contribution in [1.29, 1.82) is 0 Å². The molecule has 1 N–H and O–H groups in total. The third-order valence-electron chi connectivity index (χ3n) is 5.64. The molecule has 0 atom stereocenters. The van der Waals surface area contributed by atoms with E-state index in [1.165, 1.54) is 28.9 Å². The lowest BCUT2D eigenvalue weighted by Gasteiger charge is -2.09. The summed E-state index contributed by atoms with van der Waals surface area (Å²) in [6, 6.07) is 13.8. The van der Waals surface area contributed by atoms with E-state index in [-0.39, 0.29) is 5.91 Å². The van der Waals surface area contributed by atoms with Crippen LogP contribution in [-0.4, -0.2) is 20.7 Å². The van der Waals surface area contributed by atoms with Crippen LogP contribution in [0.4, 0.5) is 5.13 Å². The lowest BCUT2D eigenvalue weighted by atomic mass is 10.1. The third-order valence-corrected chi connectivity index (χ3v) is 6.40. The van der Waals surface area contributed by atoms with Crippen molar-refractivity contribution in [1.82, 2.24) is 14.8 Å². The molecule has 0 radical (unpaired) electrons.